The van der Waals surface area contributed by atoms with Gasteiger partial charge in [-0.1, -0.05) is 48.5 Å². The average molecular weight is 346 g/mol. The summed E-state index contributed by atoms with van der Waals surface area (Å²) < 4.78 is 5.24. The Morgan fingerprint density at radius 1 is 0.962 bits per heavy atom. The van der Waals surface area contributed by atoms with Crippen molar-refractivity contribution in [2.24, 2.45) is 0 Å². The number of pyridine rings is 1. The highest BCUT2D eigenvalue weighted by Gasteiger charge is 2.18. The largest absolute Gasteiger partial charge is 0.497 e. The second-order valence-electron chi connectivity index (χ2n) is 6.04. The van der Waals surface area contributed by atoms with E-state index in [1.807, 2.05) is 60.7 Å². The summed E-state index contributed by atoms with van der Waals surface area (Å²) in [6.45, 7) is 0.434. The van der Waals surface area contributed by atoms with Crippen molar-refractivity contribution in [1.29, 1.82) is 0 Å². The van der Waals surface area contributed by atoms with Crippen molar-refractivity contribution in [2.75, 3.05) is 7.11 Å². The summed E-state index contributed by atoms with van der Waals surface area (Å²) in [6, 6.07) is 23.7. The molecule has 0 saturated carbocycles. The van der Waals surface area contributed by atoms with Crippen LogP contribution < -0.4 is 10.1 Å². The Hall–Kier alpha value is -3.14. The molecule has 0 aliphatic rings. The molecule has 0 spiro atoms. The molecule has 1 atom stereocenters. The van der Waals surface area contributed by atoms with Crippen LogP contribution in [0.3, 0.4) is 0 Å². The predicted molar refractivity (Wildman–Crippen MR) is 102 cm³/mol. The fourth-order valence-corrected chi connectivity index (χ4v) is 2.90. The number of aromatic nitrogens is 1. The van der Waals surface area contributed by atoms with Gasteiger partial charge in [0.05, 0.1) is 19.3 Å². The van der Waals surface area contributed by atoms with E-state index in [-0.39, 0.29) is 11.8 Å². The first-order chi connectivity index (χ1) is 12.8. The van der Waals surface area contributed by atoms with Gasteiger partial charge < -0.3 is 10.1 Å². The van der Waals surface area contributed by atoms with Crippen LogP contribution in [0.1, 0.15) is 29.2 Å². The molecule has 0 bridgehead atoms. The molecule has 1 aromatic heterocycles. The molecule has 1 heterocycles. The summed E-state index contributed by atoms with van der Waals surface area (Å²) >= 11 is 0. The lowest BCUT2D eigenvalue weighted by Crippen LogP contribution is -2.25. The third kappa shape index (κ3) is 4.70. The molecule has 0 fully saturated rings. The van der Waals surface area contributed by atoms with Crippen LogP contribution in [0.25, 0.3) is 0 Å². The minimum absolute atomic E-state index is 0.000300. The van der Waals surface area contributed by atoms with E-state index in [2.05, 4.69) is 22.4 Å². The van der Waals surface area contributed by atoms with Gasteiger partial charge in [0.2, 0.25) is 5.91 Å². The van der Waals surface area contributed by atoms with Crippen LogP contribution in [0.4, 0.5) is 0 Å². The lowest BCUT2D eigenvalue weighted by molar-refractivity contribution is -0.121. The van der Waals surface area contributed by atoms with Crippen LogP contribution in [0, 0.1) is 0 Å². The number of carbonyl (C=O) groups excluding carboxylic acids is 1. The van der Waals surface area contributed by atoms with E-state index in [4.69, 9.17) is 4.74 Å². The van der Waals surface area contributed by atoms with Gasteiger partial charge in [-0.3, -0.25) is 9.78 Å². The number of nitrogens with one attached hydrogen (secondary N) is 1. The number of amides is 1. The molecule has 4 heteroatoms. The van der Waals surface area contributed by atoms with Gasteiger partial charge in [0.15, 0.2) is 0 Å². The summed E-state index contributed by atoms with van der Waals surface area (Å²) in [4.78, 5) is 16.8. The molecular formula is C22H22N2O2. The maximum atomic E-state index is 12.5. The molecule has 1 N–H and O–H groups in total. The second kappa shape index (κ2) is 8.81. The smallest absolute Gasteiger partial charge is 0.221 e. The molecule has 3 aromatic rings. The van der Waals surface area contributed by atoms with Crippen molar-refractivity contribution in [2.45, 2.75) is 18.9 Å². The maximum absolute atomic E-state index is 12.5. The Morgan fingerprint density at radius 2 is 1.65 bits per heavy atom. The predicted octanol–water partition coefficient (Wildman–Crippen LogP) is 3.93. The Kier molecular flexibility index (Phi) is 5.99. The molecule has 26 heavy (non-hydrogen) atoms. The topological polar surface area (TPSA) is 51.2 Å². The number of ether oxygens (including phenoxy) is 1. The lowest BCUT2D eigenvalue weighted by atomic mass is 9.88. The van der Waals surface area contributed by atoms with Crippen LogP contribution in [-0.4, -0.2) is 18.0 Å². The van der Waals surface area contributed by atoms with Gasteiger partial charge in [-0.25, -0.2) is 0 Å². The van der Waals surface area contributed by atoms with E-state index >= 15 is 0 Å². The molecule has 0 aliphatic carbocycles. The third-order valence-electron chi connectivity index (χ3n) is 4.30. The molecule has 3 rings (SSSR count). The molecule has 0 saturated heterocycles. The zero-order chi connectivity index (χ0) is 18.2. The number of nitrogens with zero attached hydrogens (tertiary/aromatic N) is 1. The van der Waals surface area contributed by atoms with Gasteiger partial charge in [0.1, 0.15) is 5.75 Å². The van der Waals surface area contributed by atoms with Crippen LogP contribution in [0.15, 0.2) is 79.0 Å². The lowest BCUT2D eigenvalue weighted by Gasteiger charge is -2.18. The Labute approximate surface area is 153 Å². The van der Waals surface area contributed by atoms with Crippen molar-refractivity contribution in [3.8, 4) is 5.75 Å². The van der Waals surface area contributed by atoms with Gasteiger partial charge in [0, 0.05) is 18.5 Å². The molecule has 0 unspecified atom stereocenters. The Bertz CT molecular complexity index is 818. The summed E-state index contributed by atoms with van der Waals surface area (Å²) in [5.41, 5.74) is 3.05. The molecule has 1 amide bonds. The number of carbonyl (C=O) groups is 1. The van der Waals surface area contributed by atoms with E-state index in [9.17, 15) is 4.79 Å². The van der Waals surface area contributed by atoms with Crippen LogP contribution in [-0.2, 0) is 11.3 Å². The highest BCUT2D eigenvalue weighted by Crippen LogP contribution is 2.29. The van der Waals surface area contributed by atoms with Crippen LogP contribution in [0.2, 0.25) is 0 Å². The quantitative estimate of drug-likeness (QED) is 0.705. The highest BCUT2D eigenvalue weighted by atomic mass is 16.5. The minimum atomic E-state index is -0.00848. The van der Waals surface area contributed by atoms with E-state index in [1.54, 1.807) is 13.3 Å². The van der Waals surface area contributed by atoms with Crippen LogP contribution >= 0.6 is 0 Å². The van der Waals surface area contributed by atoms with E-state index in [0.29, 0.717) is 13.0 Å². The van der Waals surface area contributed by atoms with E-state index in [1.165, 1.54) is 0 Å². The monoisotopic (exact) mass is 346 g/mol. The average Bonchev–Trinajstić information content (AvgIpc) is 2.72. The molecule has 0 aliphatic heterocycles. The summed E-state index contributed by atoms with van der Waals surface area (Å²) in [5.74, 6) is 0.798. The van der Waals surface area contributed by atoms with Crippen LogP contribution in [0.5, 0.6) is 5.75 Å². The van der Waals surface area contributed by atoms with Gasteiger partial charge in [0.25, 0.3) is 0 Å². The first-order valence-electron chi connectivity index (χ1n) is 8.62. The first-order valence-corrected chi connectivity index (χ1v) is 8.62. The summed E-state index contributed by atoms with van der Waals surface area (Å²) in [7, 11) is 1.65. The summed E-state index contributed by atoms with van der Waals surface area (Å²) in [5, 5.41) is 2.97. The van der Waals surface area contributed by atoms with Gasteiger partial charge in [-0.15, -0.1) is 0 Å². The first kappa shape index (κ1) is 17.7. The zero-order valence-electron chi connectivity index (χ0n) is 14.8. The second-order valence-corrected chi connectivity index (χ2v) is 6.04. The van der Waals surface area contributed by atoms with Crippen molar-refractivity contribution in [3.05, 3.63) is 95.8 Å². The fourth-order valence-electron chi connectivity index (χ4n) is 2.90. The van der Waals surface area contributed by atoms with Gasteiger partial charge in [-0.05, 0) is 35.4 Å². The molecule has 2 aromatic carbocycles. The third-order valence-corrected chi connectivity index (χ3v) is 4.30. The zero-order valence-corrected chi connectivity index (χ0v) is 14.8. The molecular weight excluding hydrogens is 324 g/mol. The fraction of sp³-hybridized carbons (Fsp3) is 0.182. The number of hydrogen-bond donors (Lipinski definition) is 1. The highest BCUT2D eigenvalue weighted by molar-refractivity contribution is 5.77. The maximum Gasteiger partial charge on any atom is 0.221 e. The van der Waals surface area contributed by atoms with Crippen molar-refractivity contribution in [3.63, 3.8) is 0 Å². The van der Waals surface area contributed by atoms with Crippen molar-refractivity contribution >= 4 is 5.91 Å². The van der Waals surface area contributed by atoms with Crippen molar-refractivity contribution < 1.29 is 9.53 Å². The van der Waals surface area contributed by atoms with Gasteiger partial charge >= 0.3 is 0 Å². The Balaban J connectivity index is 1.74. The number of hydrogen-bond acceptors (Lipinski definition) is 3. The number of rotatable bonds is 7. The normalized spacial score (nSPS) is 11.6. The number of methoxy groups -OCH3 is 1. The van der Waals surface area contributed by atoms with E-state index in [0.717, 1.165) is 22.6 Å². The standard InChI is InChI=1S/C22H22N2O2/c1-26-20-12-10-18(11-13-20)21(17-7-3-2-4-8-17)15-22(25)24-16-19-9-5-6-14-23-19/h2-14,21H,15-16H2,1H3,(H,24,25)/t21-/m0/s1. The number of benzene rings is 2. The Morgan fingerprint density at radius 3 is 2.31 bits per heavy atom. The molecule has 4 nitrogen and oxygen atoms in total. The minimum Gasteiger partial charge on any atom is -0.497 e. The molecule has 132 valence electrons. The van der Waals surface area contributed by atoms with E-state index < -0.39 is 0 Å². The SMILES string of the molecule is COc1ccc([C@@H](CC(=O)NCc2ccccn2)c2ccccc2)cc1. The van der Waals surface area contributed by atoms with Crippen molar-refractivity contribution in [1.82, 2.24) is 10.3 Å². The van der Waals surface area contributed by atoms with Gasteiger partial charge in [-0.2, -0.15) is 0 Å². The molecule has 0 radical (unpaired) electrons. The summed E-state index contributed by atoms with van der Waals surface area (Å²) in [6.07, 6.45) is 2.11.